The molecular weight excluding hydrogens is 417 g/mol. The highest BCUT2D eigenvalue weighted by Gasteiger charge is 2.16. The molecular formula is C15H10INO6. The molecule has 0 bridgehead atoms. The molecule has 2 aromatic carbocycles. The van der Waals surface area contributed by atoms with Gasteiger partial charge in [0.25, 0.3) is 5.69 Å². The molecule has 2 rings (SSSR count). The van der Waals surface area contributed by atoms with Crippen molar-refractivity contribution < 1.29 is 24.0 Å². The molecule has 0 aliphatic rings. The number of carbonyl (C=O) groups is 2. The normalized spacial score (nSPS) is 10.0. The van der Waals surface area contributed by atoms with Gasteiger partial charge in [-0.15, -0.1) is 0 Å². The van der Waals surface area contributed by atoms with E-state index in [-0.39, 0.29) is 22.6 Å². The maximum Gasteiger partial charge on any atom is 0.343 e. The Morgan fingerprint density at radius 1 is 1.22 bits per heavy atom. The van der Waals surface area contributed by atoms with Gasteiger partial charge in [0.1, 0.15) is 11.5 Å². The second kappa shape index (κ2) is 7.18. The lowest BCUT2D eigenvalue weighted by Gasteiger charge is -2.08. The number of ether oxygens (including phenoxy) is 2. The molecule has 0 N–H and O–H groups in total. The molecule has 0 spiro atoms. The van der Waals surface area contributed by atoms with Crippen molar-refractivity contribution in [2.75, 3.05) is 7.11 Å². The fraction of sp³-hybridized carbons (Fsp3) is 0.0667. The Morgan fingerprint density at radius 2 is 1.91 bits per heavy atom. The summed E-state index contributed by atoms with van der Waals surface area (Å²) < 4.78 is 11.0. The second-order valence-electron chi connectivity index (χ2n) is 4.34. The second-order valence-corrected chi connectivity index (χ2v) is 5.50. The van der Waals surface area contributed by atoms with Gasteiger partial charge in [0.05, 0.1) is 26.7 Å². The number of esters is 1. The van der Waals surface area contributed by atoms with Crippen molar-refractivity contribution in [3.05, 3.63) is 61.2 Å². The molecule has 2 aromatic rings. The molecule has 0 heterocycles. The summed E-state index contributed by atoms with van der Waals surface area (Å²) in [4.78, 5) is 33.2. The van der Waals surface area contributed by atoms with Crippen LogP contribution in [0.25, 0.3) is 0 Å². The standard InChI is InChI=1S/C15H10INO6/c1-22-14-4-2-9(7-12(14)16)15(19)23-13-5-3-11(17(20)21)6-10(13)8-18/h2-8H,1H3. The summed E-state index contributed by atoms with van der Waals surface area (Å²) in [6.07, 6.45) is 0.396. The summed E-state index contributed by atoms with van der Waals surface area (Å²) in [5.41, 5.74) is -0.0629. The molecule has 23 heavy (non-hydrogen) atoms. The lowest BCUT2D eigenvalue weighted by atomic mass is 10.2. The molecule has 0 saturated carbocycles. The van der Waals surface area contributed by atoms with Crippen LogP contribution in [0, 0.1) is 13.7 Å². The highest BCUT2D eigenvalue weighted by molar-refractivity contribution is 14.1. The van der Waals surface area contributed by atoms with E-state index in [0.29, 0.717) is 12.0 Å². The molecule has 0 atom stereocenters. The number of nitro benzene ring substituents is 1. The zero-order valence-electron chi connectivity index (χ0n) is 11.8. The molecule has 0 saturated heterocycles. The third kappa shape index (κ3) is 3.83. The Hall–Kier alpha value is -2.49. The van der Waals surface area contributed by atoms with Crippen LogP contribution in [-0.4, -0.2) is 24.3 Å². The van der Waals surface area contributed by atoms with Crippen LogP contribution >= 0.6 is 22.6 Å². The molecule has 0 amide bonds. The number of aldehydes is 1. The van der Waals surface area contributed by atoms with E-state index >= 15 is 0 Å². The molecule has 8 heteroatoms. The van der Waals surface area contributed by atoms with Crippen molar-refractivity contribution in [3.8, 4) is 11.5 Å². The molecule has 7 nitrogen and oxygen atoms in total. The number of nitrogens with zero attached hydrogens (tertiary/aromatic N) is 1. The number of methoxy groups -OCH3 is 1. The molecule has 0 aliphatic carbocycles. The first-order valence-electron chi connectivity index (χ1n) is 6.25. The van der Waals surface area contributed by atoms with Gasteiger partial charge in [-0.1, -0.05) is 0 Å². The van der Waals surface area contributed by atoms with E-state index in [1.54, 1.807) is 12.1 Å². The van der Waals surface area contributed by atoms with E-state index in [4.69, 9.17) is 9.47 Å². The van der Waals surface area contributed by atoms with Crippen molar-refractivity contribution in [1.29, 1.82) is 0 Å². The Kier molecular flexibility index (Phi) is 5.27. The van der Waals surface area contributed by atoms with E-state index in [1.165, 1.54) is 19.2 Å². The van der Waals surface area contributed by atoms with Crippen LogP contribution in [0.4, 0.5) is 5.69 Å². The quantitative estimate of drug-likeness (QED) is 0.182. The fourth-order valence-electron chi connectivity index (χ4n) is 1.79. The van der Waals surface area contributed by atoms with Gasteiger partial charge in [-0.2, -0.15) is 0 Å². The first-order chi connectivity index (χ1) is 11.0. The molecule has 0 unspecified atom stereocenters. The highest BCUT2D eigenvalue weighted by atomic mass is 127. The van der Waals surface area contributed by atoms with Gasteiger partial charge in [0, 0.05) is 12.1 Å². The molecule has 118 valence electrons. The summed E-state index contributed by atoms with van der Waals surface area (Å²) in [6, 6.07) is 8.15. The van der Waals surface area contributed by atoms with Gasteiger partial charge in [-0.05, 0) is 46.9 Å². The predicted octanol–water partition coefficient (Wildman–Crippen LogP) is 3.24. The number of non-ortho nitro benzene ring substituents is 1. The highest BCUT2D eigenvalue weighted by Crippen LogP contribution is 2.25. The molecule has 0 radical (unpaired) electrons. The average molecular weight is 427 g/mol. The van der Waals surface area contributed by atoms with Crippen LogP contribution in [0.5, 0.6) is 11.5 Å². The Labute approximate surface area is 144 Å². The third-order valence-electron chi connectivity index (χ3n) is 2.92. The molecule has 0 fully saturated rings. The minimum atomic E-state index is -0.678. The SMILES string of the molecule is COc1ccc(C(=O)Oc2ccc([N+](=O)[O-])cc2C=O)cc1I. The summed E-state index contributed by atoms with van der Waals surface area (Å²) >= 11 is 2.01. The summed E-state index contributed by atoms with van der Waals surface area (Å²) in [5, 5.41) is 10.7. The summed E-state index contributed by atoms with van der Waals surface area (Å²) in [7, 11) is 1.52. The summed E-state index contributed by atoms with van der Waals surface area (Å²) in [5.74, 6) is -0.102. The smallest absolute Gasteiger partial charge is 0.343 e. The van der Waals surface area contributed by atoms with Gasteiger partial charge in [0.15, 0.2) is 6.29 Å². The van der Waals surface area contributed by atoms with Crippen LogP contribution < -0.4 is 9.47 Å². The van der Waals surface area contributed by atoms with Gasteiger partial charge in [-0.3, -0.25) is 14.9 Å². The van der Waals surface area contributed by atoms with E-state index in [0.717, 1.165) is 15.7 Å². The predicted molar refractivity (Wildman–Crippen MR) is 89.2 cm³/mol. The number of hydrogen-bond donors (Lipinski definition) is 0. The van der Waals surface area contributed by atoms with Gasteiger partial charge >= 0.3 is 5.97 Å². The topological polar surface area (TPSA) is 95.7 Å². The van der Waals surface area contributed by atoms with Crippen molar-refractivity contribution in [2.45, 2.75) is 0 Å². The van der Waals surface area contributed by atoms with Crippen molar-refractivity contribution in [1.82, 2.24) is 0 Å². The number of halogens is 1. The summed E-state index contributed by atoms with van der Waals surface area (Å²) in [6.45, 7) is 0. The van der Waals surface area contributed by atoms with E-state index in [1.807, 2.05) is 22.6 Å². The maximum atomic E-state index is 12.1. The largest absolute Gasteiger partial charge is 0.496 e. The van der Waals surface area contributed by atoms with Crippen LogP contribution in [0.2, 0.25) is 0 Å². The number of carbonyl (C=O) groups excluding carboxylic acids is 2. The first kappa shape index (κ1) is 16.9. The van der Waals surface area contributed by atoms with Crippen molar-refractivity contribution in [2.24, 2.45) is 0 Å². The maximum absolute atomic E-state index is 12.1. The van der Waals surface area contributed by atoms with Crippen LogP contribution in [0.3, 0.4) is 0 Å². The number of nitro groups is 1. The van der Waals surface area contributed by atoms with Crippen molar-refractivity contribution in [3.63, 3.8) is 0 Å². The van der Waals surface area contributed by atoms with Gasteiger partial charge in [0.2, 0.25) is 0 Å². The molecule has 0 aliphatic heterocycles. The number of hydrogen-bond acceptors (Lipinski definition) is 6. The van der Waals surface area contributed by atoms with E-state index < -0.39 is 10.9 Å². The average Bonchev–Trinajstić information content (AvgIpc) is 2.54. The van der Waals surface area contributed by atoms with Crippen LogP contribution in [0.15, 0.2) is 36.4 Å². The van der Waals surface area contributed by atoms with Gasteiger partial charge in [-0.25, -0.2) is 4.79 Å². The fourth-order valence-corrected chi connectivity index (χ4v) is 2.52. The van der Waals surface area contributed by atoms with Crippen LogP contribution in [0.1, 0.15) is 20.7 Å². The van der Waals surface area contributed by atoms with Crippen LogP contribution in [-0.2, 0) is 0 Å². The van der Waals surface area contributed by atoms with E-state index in [2.05, 4.69) is 0 Å². The Bertz CT molecular complexity index is 790. The monoisotopic (exact) mass is 427 g/mol. The minimum Gasteiger partial charge on any atom is -0.496 e. The molecule has 0 aromatic heterocycles. The van der Waals surface area contributed by atoms with E-state index in [9.17, 15) is 19.7 Å². The van der Waals surface area contributed by atoms with Crippen molar-refractivity contribution >= 4 is 40.5 Å². The zero-order valence-corrected chi connectivity index (χ0v) is 14.0. The lowest BCUT2D eigenvalue weighted by molar-refractivity contribution is -0.384. The lowest BCUT2D eigenvalue weighted by Crippen LogP contribution is -2.10. The first-order valence-corrected chi connectivity index (χ1v) is 7.33. The van der Waals surface area contributed by atoms with Gasteiger partial charge < -0.3 is 9.47 Å². The minimum absolute atomic E-state index is 0.0403. The number of rotatable bonds is 5. The zero-order chi connectivity index (χ0) is 17.0. The Morgan fingerprint density at radius 3 is 2.48 bits per heavy atom. The number of benzene rings is 2. The Balaban J connectivity index is 2.28. The third-order valence-corrected chi connectivity index (χ3v) is 3.76.